The second-order valence-electron chi connectivity index (χ2n) is 4.33. The van der Waals surface area contributed by atoms with Gasteiger partial charge < -0.3 is 9.73 Å². The van der Waals surface area contributed by atoms with Gasteiger partial charge in [0.05, 0.1) is 30.1 Å². The molecule has 0 unspecified atom stereocenters. The lowest BCUT2D eigenvalue weighted by Crippen LogP contribution is -2.24. The van der Waals surface area contributed by atoms with E-state index in [4.69, 9.17) is 4.42 Å². The molecule has 7 nitrogen and oxygen atoms in total. The molecule has 0 atom stereocenters. The predicted molar refractivity (Wildman–Crippen MR) is 77.6 cm³/mol. The average molecular weight is 303 g/mol. The molecular formula is C13H13N5O2S. The van der Waals surface area contributed by atoms with Crippen LogP contribution in [0.1, 0.15) is 5.76 Å². The molecule has 21 heavy (non-hydrogen) atoms. The van der Waals surface area contributed by atoms with Crippen LogP contribution in [0.15, 0.2) is 40.4 Å². The number of hydrogen-bond donors (Lipinski definition) is 1. The first-order valence-corrected chi connectivity index (χ1v) is 7.27. The van der Waals surface area contributed by atoms with Crippen molar-refractivity contribution in [2.75, 3.05) is 5.75 Å². The minimum Gasteiger partial charge on any atom is -0.467 e. The van der Waals surface area contributed by atoms with E-state index in [1.54, 1.807) is 23.2 Å². The molecule has 0 fully saturated rings. The number of aromatic nitrogens is 4. The van der Waals surface area contributed by atoms with Crippen LogP contribution in [0.2, 0.25) is 0 Å². The van der Waals surface area contributed by atoms with E-state index in [-0.39, 0.29) is 11.7 Å². The van der Waals surface area contributed by atoms with Crippen molar-refractivity contribution in [2.45, 2.75) is 11.6 Å². The Kier molecular flexibility index (Phi) is 3.87. The molecule has 1 N–H and O–H groups in total. The zero-order chi connectivity index (χ0) is 14.7. The molecule has 0 aliphatic heterocycles. The molecule has 0 aliphatic carbocycles. The molecule has 3 heterocycles. The van der Waals surface area contributed by atoms with Crippen LogP contribution in [-0.4, -0.2) is 31.4 Å². The molecule has 0 saturated heterocycles. The Morgan fingerprint density at radius 1 is 1.48 bits per heavy atom. The van der Waals surface area contributed by atoms with E-state index in [2.05, 4.69) is 20.4 Å². The van der Waals surface area contributed by atoms with Crippen LogP contribution in [0.4, 0.5) is 0 Å². The van der Waals surface area contributed by atoms with E-state index in [9.17, 15) is 4.79 Å². The van der Waals surface area contributed by atoms with Gasteiger partial charge in [-0.15, -0.1) is 0 Å². The maximum Gasteiger partial charge on any atom is 0.230 e. The molecule has 3 aromatic rings. The van der Waals surface area contributed by atoms with Gasteiger partial charge in [0.1, 0.15) is 17.1 Å². The number of rotatable bonds is 5. The fourth-order valence-electron chi connectivity index (χ4n) is 1.84. The highest BCUT2D eigenvalue weighted by molar-refractivity contribution is 8.00. The van der Waals surface area contributed by atoms with Gasteiger partial charge in [-0.25, -0.2) is 9.97 Å². The summed E-state index contributed by atoms with van der Waals surface area (Å²) in [5.74, 6) is 0.930. The van der Waals surface area contributed by atoms with Crippen molar-refractivity contribution < 1.29 is 9.21 Å². The molecule has 8 heteroatoms. The molecular weight excluding hydrogens is 290 g/mol. The fraction of sp³-hybridized carbons (Fsp3) is 0.231. The Morgan fingerprint density at radius 3 is 3.19 bits per heavy atom. The molecule has 0 spiro atoms. The summed E-state index contributed by atoms with van der Waals surface area (Å²) >= 11 is 1.36. The highest BCUT2D eigenvalue weighted by Crippen LogP contribution is 2.23. The Hall–Kier alpha value is -2.35. The molecule has 3 aromatic heterocycles. The Morgan fingerprint density at radius 2 is 2.38 bits per heavy atom. The van der Waals surface area contributed by atoms with Crippen LogP contribution in [0.3, 0.4) is 0 Å². The predicted octanol–water partition coefficient (Wildman–Crippen LogP) is 1.36. The van der Waals surface area contributed by atoms with Gasteiger partial charge in [-0.05, 0) is 12.1 Å². The Bertz CT molecular complexity index is 753. The van der Waals surface area contributed by atoms with Crippen molar-refractivity contribution >= 4 is 28.7 Å². The van der Waals surface area contributed by atoms with Crippen LogP contribution in [0.5, 0.6) is 0 Å². The maximum atomic E-state index is 11.8. The lowest BCUT2D eigenvalue weighted by molar-refractivity contribution is -0.118. The van der Waals surface area contributed by atoms with Crippen LogP contribution >= 0.6 is 11.8 Å². The largest absolute Gasteiger partial charge is 0.467 e. The number of hydrogen-bond acceptors (Lipinski definition) is 6. The van der Waals surface area contributed by atoms with Crippen LogP contribution in [0, 0.1) is 0 Å². The highest BCUT2D eigenvalue weighted by atomic mass is 32.2. The summed E-state index contributed by atoms with van der Waals surface area (Å²) in [5.41, 5.74) is 0.753. The first-order valence-electron chi connectivity index (χ1n) is 6.28. The second-order valence-corrected chi connectivity index (χ2v) is 5.29. The number of nitrogens with zero attached hydrogens (tertiary/aromatic N) is 4. The van der Waals surface area contributed by atoms with Gasteiger partial charge in [0.25, 0.3) is 0 Å². The number of thioether (sulfide) groups is 1. The molecule has 3 rings (SSSR count). The fourth-order valence-corrected chi connectivity index (χ4v) is 2.63. The average Bonchev–Trinajstić information content (AvgIpc) is 3.13. The van der Waals surface area contributed by atoms with Crippen molar-refractivity contribution in [3.05, 3.63) is 36.7 Å². The minimum atomic E-state index is -0.0768. The molecule has 0 aliphatic rings. The smallest absolute Gasteiger partial charge is 0.230 e. The Labute approximate surface area is 124 Å². The topological polar surface area (TPSA) is 85.8 Å². The van der Waals surface area contributed by atoms with E-state index in [0.29, 0.717) is 6.54 Å². The number of carbonyl (C=O) groups excluding carboxylic acids is 1. The standard InChI is InChI=1S/C13H13N5O2S/c1-18-12-10(6-17-18)13(16-8-15-12)21-7-11(19)14-5-9-3-2-4-20-9/h2-4,6,8H,5,7H2,1H3,(H,14,19). The number of amides is 1. The van der Waals surface area contributed by atoms with Crippen LogP contribution < -0.4 is 5.32 Å². The highest BCUT2D eigenvalue weighted by Gasteiger charge is 2.10. The van der Waals surface area contributed by atoms with Crippen LogP contribution in [0.25, 0.3) is 11.0 Å². The van der Waals surface area contributed by atoms with Crippen LogP contribution in [-0.2, 0) is 18.4 Å². The van der Waals surface area contributed by atoms with Crippen molar-refractivity contribution in [3.8, 4) is 0 Å². The quantitative estimate of drug-likeness (QED) is 0.566. The zero-order valence-electron chi connectivity index (χ0n) is 11.3. The summed E-state index contributed by atoms with van der Waals surface area (Å²) in [7, 11) is 1.82. The number of furan rings is 1. The molecule has 0 aromatic carbocycles. The summed E-state index contributed by atoms with van der Waals surface area (Å²) in [6.45, 7) is 0.387. The van der Waals surface area contributed by atoms with Gasteiger partial charge in [0, 0.05) is 7.05 Å². The first-order chi connectivity index (χ1) is 10.2. The lowest BCUT2D eigenvalue weighted by Gasteiger charge is -2.03. The summed E-state index contributed by atoms with van der Waals surface area (Å²) in [6.07, 6.45) is 4.77. The number of nitrogens with one attached hydrogen (secondary N) is 1. The summed E-state index contributed by atoms with van der Waals surface area (Å²) in [5, 5.41) is 8.53. The molecule has 1 amide bonds. The van der Waals surface area contributed by atoms with Gasteiger partial charge in [0.2, 0.25) is 5.91 Å². The molecule has 108 valence electrons. The van der Waals surface area contributed by atoms with Gasteiger partial charge in [-0.1, -0.05) is 11.8 Å². The second kappa shape index (κ2) is 5.96. The Balaban J connectivity index is 1.60. The minimum absolute atomic E-state index is 0.0768. The third kappa shape index (κ3) is 3.05. The number of carbonyl (C=O) groups is 1. The summed E-state index contributed by atoms with van der Waals surface area (Å²) in [6, 6.07) is 3.60. The van der Waals surface area contributed by atoms with Gasteiger partial charge >= 0.3 is 0 Å². The van der Waals surface area contributed by atoms with E-state index in [0.717, 1.165) is 21.8 Å². The van der Waals surface area contributed by atoms with E-state index < -0.39 is 0 Å². The van der Waals surface area contributed by atoms with Gasteiger partial charge in [-0.2, -0.15) is 5.10 Å². The number of aryl methyl sites for hydroxylation is 1. The van der Waals surface area contributed by atoms with Crippen molar-refractivity contribution in [3.63, 3.8) is 0 Å². The van der Waals surface area contributed by atoms with Crippen molar-refractivity contribution in [1.82, 2.24) is 25.1 Å². The first kappa shape index (κ1) is 13.6. The lowest BCUT2D eigenvalue weighted by atomic mass is 10.4. The SMILES string of the molecule is Cn1ncc2c(SCC(=O)NCc3ccco3)ncnc21. The summed E-state index contributed by atoms with van der Waals surface area (Å²) in [4.78, 5) is 20.2. The monoisotopic (exact) mass is 303 g/mol. The maximum absolute atomic E-state index is 11.8. The van der Waals surface area contributed by atoms with E-state index >= 15 is 0 Å². The third-order valence-corrected chi connectivity index (χ3v) is 3.88. The van der Waals surface area contributed by atoms with Crippen molar-refractivity contribution in [2.24, 2.45) is 7.05 Å². The number of fused-ring (bicyclic) bond motifs is 1. The summed E-state index contributed by atoms with van der Waals surface area (Å²) < 4.78 is 6.83. The van der Waals surface area contributed by atoms with Crippen molar-refractivity contribution in [1.29, 1.82) is 0 Å². The zero-order valence-corrected chi connectivity index (χ0v) is 12.1. The molecule has 0 radical (unpaired) electrons. The molecule has 0 saturated carbocycles. The third-order valence-electron chi connectivity index (χ3n) is 2.87. The van der Waals surface area contributed by atoms with E-state index in [1.807, 2.05) is 13.1 Å². The molecule has 0 bridgehead atoms. The van der Waals surface area contributed by atoms with Gasteiger partial charge in [0.15, 0.2) is 5.65 Å². The van der Waals surface area contributed by atoms with Gasteiger partial charge in [-0.3, -0.25) is 9.48 Å². The van der Waals surface area contributed by atoms with E-state index in [1.165, 1.54) is 18.1 Å². The normalized spacial score (nSPS) is 10.9.